The van der Waals surface area contributed by atoms with Gasteiger partial charge >= 0.3 is 0 Å². The van der Waals surface area contributed by atoms with Gasteiger partial charge in [-0.25, -0.2) is 13.8 Å². The van der Waals surface area contributed by atoms with Crippen molar-refractivity contribution in [3.8, 4) is 0 Å². The molecule has 2 aliphatic rings. The van der Waals surface area contributed by atoms with Crippen molar-refractivity contribution in [1.82, 2.24) is 0 Å². The number of aliphatic imine (C=N–C) groups is 2. The van der Waals surface area contributed by atoms with E-state index in [4.69, 9.17) is 9.98 Å². The molecule has 7 heteroatoms. The number of anilines is 1. The van der Waals surface area contributed by atoms with Crippen molar-refractivity contribution in [3.05, 3.63) is 65.7 Å². The van der Waals surface area contributed by atoms with Crippen LogP contribution in [0.3, 0.4) is 0 Å². The smallest absolute Gasteiger partial charge is 0.234 e. The second-order valence-corrected chi connectivity index (χ2v) is 7.89. The zero-order valence-corrected chi connectivity index (χ0v) is 15.9. The van der Waals surface area contributed by atoms with Gasteiger partial charge in [-0.2, -0.15) is 0 Å². The van der Waals surface area contributed by atoms with Crippen molar-refractivity contribution in [2.24, 2.45) is 9.98 Å². The van der Waals surface area contributed by atoms with Crippen molar-refractivity contribution in [3.63, 3.8) is 0 Å². The van der Waals surface area contributed by atoms with E-state index in [1.165, 1.54) is 48.2 Å². The summed E-state index contributed by atoms with van der Waals surface area (Å²) in [6.45, 7) is 0. The van der Waals surface area contributed by atoms with E-state index in [9.17, 15) is 13.6 Å². The van der Waals surface area contributed by atoms with Gasteiger partial charge in [-0.1, -0.05) is 23.9 Å². The van der Waals surface area contributed by atoms with Crippen molar-refractivity contribution < 1.29 is 13.6 Å². The van der Waals surface area contributed by atoms with Crippen LogP contribution in [-0.4, -0.2) is 28.1 Å². The van der Waals surface area contributed by atoms with Crippen molar-refractivity contribution in [1.29, 1.82) is 0 Å². The van der Waals surface area contributed by atoms with E-state index in [-0.39, 0.29) is 23.3 Å². The van der Waals surface area contributed by atoms with Crippen molar-refractivity contribution in [2.45, 2.75) is 31.3 Å². The molecule has 4 rings (SSSR count). The van der Waals surface area contributed by atoms with E-state index in [1.54, 1.807) is 6.07 Å². The van der Waals surface area contributed by atoms with Crippen LogP contribution in [0.15, 0.2) is 58.5 Å². The fraction of sp³-hybridized carbons (Fsp3) is 0.286. The normalized spacial score (nSPS) is 17.5. The van der Waals surface area contributed by atoms with Gasteiger partial charge in [0.15, 0.2) is 5.66 Å². The first-order valence-corrected chi connectivity index (χ1v) is 10.2. The number of nitrogens with one attached hydrogen (secondary N) is 1. The maximum absolute atomic E-state index is 13.7. The van der Waals surface area contributed by atoms with E-state index >= 15 is 0 Å². The fourth-order valence-electron chi connectivity index (χ4n) is 3.48. The third-order valence-electron chi connectivity index (χ3n) is 4.80. The molecule has 1 heterocycles. The molecule has 4 nitrogen and oxygen atoms in total. The van der Waals surface area contributed by atoms with Crippen molar-refractivity contribution in [2.75, 3.05) is 11.1 Å². The lowest BCUT2D eigenvalue weighted by Gasteiger charge is -2.14. The number of carbonyl (C=O) groups excluding carboxylic acids is 1. The highest BCUT2D eigenvalue weighted by atomic mass is 32.2. The maximum Gasteiger partial charge on any atom is 0.234 e. The number of hydrogen-bond donors (Lipinski definition) is 1. The number of benzene rings is 2. The zero-order valence-electron chi connectivity index (χ0n) is 15.1. The second kappa shape index (κ2) is 7.83. The number of rotatable bonds is 4. The van der Waals surface area contributed by atoms with Gasteiger partial charge in [0.25, 0.3) is 0 Å². The summed E-state index contributed by atoms with van der Waals surface area (Å²) in [4.78, 5) is 21.9. The molecule has 144 valence electrons. The van der Waals surface area contributed by atoms with Crippen LogP contribution in [0, 0.1) is 11.6 Å². The number of nitrogens with zero attached hydrogens (tertiary/aromatic N) is 2. The Labute approximate surface area is 166 Å². The van der Waals surface area contributed by atoms with Gasteiger partial charge in [0.2, 0.25) is 5.91 Å². The van der Waals surface area contributed by atoms with Gasteiger partial charge in [-0.05, 0) is 62.1 Å². The van der Waals surface area contributed by atoms with E-state index in [0.717, 1.165) is 25.7 Å². The average Bonchev–Trinajstić information content (AvgIpc) is 3.29. The summed E-state index contributed by atoms with van der Waals surface area (Å²) < 4.78 is 26.7. The first kappa shape index (κ1) is 18.8. The predicted octanol–water partition coefficient (Wildman–Crippen LogP) is 4.81. The predicted molar refractivity (Wildman–Crippen MR) is 109 cm³/mol. The summed E-state index contributed by atoms with van der Waals surface area (Å²) >= 11 is 1.29. The quantitative estimate of drug-likeness (QED) is 0.802. The van der Waals surface area contributed by atoms with Gasteiger partial charge in [-0.3, -0.25) is 9.79 Å². The topological polar surface area (TPSA) is 53.8 Å². The third-order valence-corrected chi connectivity index (χ3v) is 5.77. The van der Waals surface area contributed by atoms with Crippen LogP contribution in [0.25, 0.3) is 0 Å². The first-order valence-electron chi connectivity index (χ1n) is 9.17. The summed E-state index contributed by atoms with van der Waals surface area (Å²) in [5.41, 5.74) is 1.40. The molecule has 0 unspecified atom stereocenters. The monoisotopic (exact) mass is 399 g/mol. The highest BCUT2D eigenvalue weighted by Crippen LogP contribution is 2.40. The van der Waals surface area contributed by atoms with Gasteiger partial charge < -0.3 is 5.32 Å². The van der Waals surface area contributed by atoms with Gasteiger partial charge in [0.1, 0.15) is 16.7 Å². The molecular weight excluding hydrogens is 380 g/mol. The highest BCUT2D eigenvalue weighted by molar-refractivity contribution is 8.16. The van der Waals surface area contributed by atoms with E-state index < -0.39 is 5.66 Å². The van der Waals surface area contributed by atoms with Crippen LogP contribution in [-0.2, 0) is 4.79 Å². The Hall–Kier alpha value is -2.54. The number of thioether (sulfide) groups is 1. The fourth-order valence-corrected chi connectivity index (χ4v) is 4.35. The molecule has 0 saturated heterocycles. The van der Waals surface area contributed by atoms with Crippen molar-refractivity contribution >= 4 is 34.1 Å². The summed E-state index contributed by atoms with van der Waals surface area (Å²) in [6, 6.07) is 11.9. The van der Waals surface area contributed by atoms with E-state index in [0.29, 0.717) is 22.0 Å². The number of halogens is 2. The molecule has 0 aromatic heterocycles. The summed E-state index contributed by atoms with van der Waals surface area (Å²) in [7, 11) is 0. The lowest BCUT2D eigenvalue weighted by molar-refractivity contribution is -0.113. The van der Waals surface area contributed by atoms with Crippen LogP contribution < -0.4 is 5.32 Å². The first-order chi connectivity index (χ1) is 13.5. The van der Waals surface area contributed by atoms with Gasteiger partial charge in [0, 0.05) is 11.3 Å². The van der Waals surface area contributed by atoms with Crippen LogP contribution in [0.1, 0.15) is 31.2 Å². The highest BCUT2D eigenvalue weighted by Gasteiger charge is 2.39. The Morgan fingerprint density at radius 1 is 1.04 bits per heavy atom. The van der Waals surface area contributed by atoms with Crippen LogP contribution in [0.5, 0.6) is 0 Å². The minimum absolute atomic E-state index is 0.140. The Kier molecular flexibility index (Phi) is 5.26. The molecule has 1 aliphatic heterocycles. The minimum Gasteiger partial charge on any atom is -0.325 e. The molecule has 28 heavy (non-hydrogen) atoms. The molecule has 1 saturated carbocycles. The largest absolute Gasteiger partial charge is 0.325 e. The Morgan fingerprint density at radius 2 is 1.79 bits per heavy atom. The molecule has 1 amide bonds. The second-order valence-electron chi connectivity index (χ2n) is 6.92. The van der Waals surface area contributed by atoms with E-state index in [1.807, 2.05) is 6.07 Å². The standard InChI is InChI=1S/C21H19F2N3OS/c22-15-6-8-17(9-7-15)24-18(27)13-28-20-19(14-4-3-5-16(23)12-14)25-21(26-20)10-1-2-11-21/h3-9,12H,1-2,10-11,13H2,(H,24,27). The summed E-state index contributed by atoms with van der Waals surface area (Å²) in [5.74, 6) is -0.762. The molecular formula is C21H19F2N3OS. The van der Waals surface area contributed by atoms with Gasteiger partial charge in [0.05, 0.1) is 11.5 Å². The molecule has 0 atom stereocenters. The Balaban J connectivity index is 1.49. The Bertz CT molecular complexity index is 950. The average molecular weight is 399 g/mol. The maximum atomic E-state index is 13.7. The van der Waals surface area contributed by atoms with Gasteiger partial charge in [-0.15, -0.1) is 0 Å². The third kappa shape index (κ3) is 4.14. The molecule has 0 bridgehead atoms. The van der Waals surface area contributed by atoms with Crippen LogP contribution in [0.2, 0.25) is 0 Å². The number of carbonyl (C=O) groups is 1. The lowest BCUT2D eigenvalue weighted by Crippen LogP contribution is -2.17. The summed E-state index contributed by atoms with van der Waals surface area (Å²) in [5, 5.41) is 3.40. The molecule has 2 aromatic carbocycles. The Morgan fingerprint density at radius 3 is 2.50 bits per heavy atom. The van der Waals surface area contributed by atoms with E-state index in [2.05, 4.69) is 5.32 Å². The number of hydrogen-bond acceptors (Lipinski definition) is 4. The molecule has 0 radical (unpaired) electrons. The molecule has 1 spiro atoms. The minimum atomic E-state index is -0.461. The molecule has 2 aromatic rings. The van der Waals surface area contributed by atoms with Crippen LogP contribution in [0.4, 0.5) is 14.5 Å². The molecule has 1 fully saturated rings. The summed E-state index contributed by atoms with van der Waals surface area (Å²) in [6.07, 6.45) is 3.87. The number of amides is 1. The zero-order chi connectivity index (χ0) is 19.6. The lowest BCUT2D eigenvalue weighted by atomic mass is 10.1. The SMILES string of the molecule is O=C(CSC1=NC2(CCCC2)N=C1c1cccc(F)c1)Nc1ccc(F)cc1. The molecule has 1 N–H and O–H groups in total. The molecule has 1 aliphatic carbocycles. The van der Waals surface area contributed by atoms with Crippen LogP contribution >= 0.6 is 11.8 Å².